The van der Waals surface area contributed by atoms with Gasteiger partial charge >= 0.3 is 5.97 Å². The van der Waals surface area contributed by atoms with Gasteiger partial charge in [0.15, 0.2) is 0 Å². The van der Waals surface area contributed by atoms with Crippen LogP contribution >= 0.6 is 0 Å². The third-order valence-corrected chi connectivity index (χ3v) is 5.88. The molecular formula is C26H31N3O5. The Hall–Kier alpha value is -3.68. The first kappa shape index (κ1) is 25.0. The Morgan fingerprint density at radius 1 is 1.09 bits per heavy atom. The molecule has 34 heavy (non-hydrogen) atoms. The predicted octanol–water partition coefficient (Wildman–Crippen LogP) is 3.12. The summed E-state index contributed by atoms with van der Waals surface area (Å²) < 4.78 is 5.09. The second-order valence-corrected chi connectivity index (χ2v) is 8.44. The normalized spacial score (nSPS) is 15.4. The Morgan fingerprint density at radius 2 is 1.82 bits per heavy atom. The first-order valence-corrected chi connectivity index (χ1v) is 11.5. The minimum atomic E-state index is -0.331. The number of piperidine rings is 1. The van der Waals surface area contributed by atoms with Gasteiger partial charge in [-0.15, -0.1) is 0 Å². The lowest BCUT2D eigenvalue weighted by atomic mass is 9.98. The van der Waals surface area contributed by atoms with Crippen LogP contribution in [0.25, 0.3) is 0 Å². The van der Waals surface area contributed by atoms with E-state index in [9.17, 15) is 19.2 Å². The van der Waals surface area contributed by atoms with Gasteiger partial charge in [-0.2, -0.15) is 0 Å². The van der Waals surface area contributed by atoms with E-state index < -0.39 is 0 Å². The van der Waals surface area contributed by atoms with Crippen LogP contribution in [0, 0.1) is 12.8 Å². The molecule has 0 spiro atoms. The summed E-state index contributed by atoms with van der Waals surface area (Å²) in [5, 5.41) is 2.85. The second kappa shape index (κ2) is 11.4. The maximum atomic E-state index is 13.0. The maximum Gasteiger partial charge on any atom is 0.310 e. The average Bonchev–Trinajstić information content (AvgIpc) is 2.85. The van der Waals surface area contributed by atoms with E-state index in [0.717, 1.165) is 12.0 Å². The molecule has 2 aromatic rings. The number of esters is 1. The lowest BCUT2D eigenvalue weighted by Crippen LogP contribution is -2.47. The number of nitrogens with one attached hydrogen (secondary N) is 1. The lowest BCUT2D eigenvalue weighted by molar-refractivity contribution is -0.151. The van der Waals surface area contributed by atoms with Gasteiger partial charge in [-0.1, -0.05) is 24.3 Å². The van der Waals surface area contributed by atoms with Crippen molar-refractivity contribution in [2.24, 2.45) is 5.92 Å². The number of hydrogen-bond acceptors (Lipinski definition) is 5. The molecule has 180 valence electrons. The van der Waals surface area contributed by atoms with Gasteiger partial charge in [0.25, 0.3) is 11.8 Å². The van der Waals surface area contributed by atoms with Crippen molar-refractivity contribution in [2.45, 2.75) is 26.7 Å². The van der Waals surface area contributed by atoms with Crippen molar-refractivity contribution in [1.29, 1.82) is 0 Å². The number of likely N-dealkylation sites (N-methyl/N-ethyl adjacent to an activating group) is 1. The van der Waals surface area contributed by atoms with Crippen molar-refractivity contribution < 1.29 is 23.9 Å². The smallest absolute Gasteiger partial charge is 0.310 e. The highest BCUT2D eigenvalue weighted by Crippen LogP contribution is 2.20. The molecule has 1 fully saturated rings. The largest absolute Gasteiger partial charge is 0.466 e. The molecule has 2 aromatic carbocycles. The molecule has 1 unspecified atom stereocenters. The molecule has 3 rings (SSSR count). The average molecular weight is 466 g/mol. The number of hydrogen-bond donors (Lipinski definition) is 1. The van der Waals surface area contributed by atoms with Crippen LogP contribution in [0.2, 0.25) is 0 Å². The zero-order valence-corrected chi connectivity index (χ0v) is 19.9. The predicted molar refractivity (Wildman–Crippen MR) is 128 cm³/mol. The second-order valence-electron chi connectivity index (χ2n) is 8.44. The summed E-state index contributed by atoms with van der Waals surface area (Å²) >= 11 is 0. The fourth-order valence-corrected chi connectivity index (χ4v) is 3.92. The summed E-state index contributed by atoms with van der Waals surface area (Å²) in [5.74, 6) is -1.42. The van der Waals surface area contributed by atoms with Gasteiger partial charge < -0.3 is 19.9 Å². The molecule has 0 aromatic heterocycles. The molecule has 1 N–H and O–H groups in total. The van der Waals surface area contributed by atoms with Gasteiger partial charge in [0.05, 0.1) is 19.1 Å². The first-order valence-electron chi connectivity index (χ1n) is 11.5. The van der Waals surface area contributed by atoms with Crippen molar-refractivity contribution in [3.05, 3.63) is 65.2 Å². The van der Waals surface area contributed by atoms with E-state index >= 15 is 0 Å². The number of rotatable bonds is 7. The molecule has 1 heterocycles. The summed E-state index contributed by atoms with van der Waals surface area (Å²) in [7, 11) is 1.56. The van der Waals surface area contributed by atoms with E-state index in [0.29, 0.717) is 42.9 Å². The minimum absolute atomic E-state index is 0.103. The highest BCUT2D eigenvalue weighted by molar-refractivity contribution is 6.05. The monoisotopic (exact) mass is 465 g/mol. The van der Waals surface area contributed by atoms with Crippen molar-refractivity contribution in [3.8, 4) is 0 Å². The number of benzene rings is 2. The fraction of sp³-hybridized carbons (Fsp3) is 0.385. The van der Waals surface area contributed by atoms with E-state index in [4.69, 9.17) is 4.74 Å². The van der Waals surface area contributed by atoms with Crippen LogP contribution in [0.15, 0.2) is 48.5 Å². The number of ether oxygens (including phenoxy) is 1. The van der Waals surface area contributed by atoms with Crippen molar-refractivity contribution in [2.75, 3.05) is 38.6 Å². The molecule has 0 bridgehead atoms. The molecule has 1 aliphatic heterocycles. The Kier molecular flexibility index (Phi) is 8.40. The van der Waals surface area contributed by atoms with Crippen LogP contribution in [0.1, 0.15) is 46.0 Å². The Bertz CT molecular complexity index is 1050. The summed E-state index contributed by atoms with van der Waals surface area (Å²) in [6, 6.07) is 13.9. The fourth-order valence-electron chi connectivity index (χ4n) is 3.92. The van der Waals surface area contributed by atoms with E-state index in [-0.39, 0.29) is 36.2 Å². The van der Waals surface area contributed by atoms with Gasteiger partial charge in [-0.25, -0.2) is 0 Å². The molecule has 8 heteroatoms. The minimum Gasteiger partial charge on any atom is -0.466 e. The first-order chi connectivity index (χ1) is 16.3. The number of nitrogens with zero attached hydrogens (tertiary/aromatic N) is 2. The third-order valence-electron chi connectivity index (χ3n) is 5.88. The van der Waals surface area contributed by atoms with Crippen LogP contribution in [-0.2, 0) is 14.3 Å². The molecule has 1 atom stereocenters. The SMILES string of the molecule is CCOC(=O)C1CCCN(C(=O)CN(C)C(=O)c2ccc(C)c(NC(=O)c3ccccc3)c2)C1. The van der Waals surface area contributed by atoms with E-state index in [1.54, 1.807) is 61.3 Å². The van der Waals surface area contributed by atoms with Crippen molar-refractivity contribution in [3.63, 3.8) is 0 Å². The van der Waals surface area contributed by atoms with E-state index in [1.165, 1.54) is 4.90 Å². The Balaban J connectivity index is 1.63. The topological polar surface area (TPSA) is 96.0 Å². The van der Waals surface area contributed by atoms with E-state index in [1.807, 2.05) is 13.0 Å². The molecule has 8 nitrogen and oxygen atoms in total. The lowest BCUT2D eigenvalue weighted by Gasteiger charge is -2.32. The summed E-state index contributed by atoms with van der Waals surface area (Å²) in [5.41, 5.74) is 2.24. The van der Waals surface area contributed by atoms with Gasteiger partial charge in [0, 0.05) is 37.0 Å². The number of aryl methyl sites for hydroxylation is 1. The van der Waals surface area contributed by atoms with Crippen molar-refractivity contribution >= 4 is 29.4 Å². The molecule has 0 saturated carbocycles. The van der Waals surface area contributed by atoms with Gasteiger partial charge in [-0.3, -0.25) is 19.2 Å². The van der Waals surface area contributed by atoms with Gasteiger partial charge in [0.1, 0.15) is 0 Å². The van der Waals surface area contributed by atoms with Gasteiger partial charge in [0.2, 0.25) is 5.91 Å². The standard InChI is InChI=1S/C26H31N3O5/c1-4-34-26(33)21-11-8-14-29(16-21)23(30)17-28(3)25(32)20-13-12-18(2)22(15-20)27-24(31)19-9-6-5-7-10-19/h5-7,9-10,12-13,15,21H,4,8,11,14,16-17H2,1-3H3,(H,27,31). The molecule has 0 radical (unpaired) electrons. The van der Waals surface area contributed by atoms with Crippen LogP contribution in [0.5, 0.6) is 0 Å². The number of likely N-dealkylation sites (tertiary alicyclic amines) is 1. The quantitative estimate of drug-likeness (QED) is 0.634. The summed E-state index contributed by atoms with van der Waals surface area (Å²) in [6.45, 7) is 4.67. The Labute approximate surface area is 199 Å². The summed E-state index contributed by atoms with van der Waals surface area (Å²) in [6.07, 6.45) is 1.41. The highest BCUT2D eigenvalue weighted by atomic mass is 16.5. The van der Waals surface area contributed by atoms with E-state index in [2.05, 4.69) is 5.32 Å². The van der Waals surface area contributed by atoms with Gasteiger partial charge in [-0.05, 0) is 56.5 Å². The van der Waals surface area contributed by atoms with Crippen LogP contribution in [0.4, 0.5) is 5.69 Å². The van der Waals surface area contributed by atoms with Crippen molar-refractivity contribution in [1.82, 2.24) is 9.80 Å². The molecule has 1 aliphatic rings. The van der Waals surface area contributed by atoms with Crippen LogP contribution in [-0.4, -0.2) is 66.8 Å². The zero-order valence-electron chi connectivity index (χ0n) is 19.9. The summed E-state index contributed by atoms with van der Waals surface area (Å²) in [4.78, 5) is 53.4. The molecule has 0 aliphatic carbocycles. The molecule has 1 saturated heterocycles. The maximum absolute atomic E-state index is 13.0. The number of amides is 3. The number of anilines is 1. The number of carbonyl (C=O) groups is 4. The van der Waals surface area contributed by atoms with Crippen LogP contribution in [0.3, 0.4) is 0 Å². The highest BCUT2D eigenvalue weighted by Gasteiger charge is 2.30. The Morgan fingerprint density at radius 3 is 2.53 bits per heavy atom. The third kappa shape index (κ3) is 6.21. The number of carbonyl (C=O) groups excluding carboxylic acids is 4. The van der Waals surface area contributed by atoms with Crippen LogP contribution < -0.4 is 5.32 Å². The molecule has 3 amide bonds. The molecular weight excluding hydrogens is 434 g/mol. The zero-order chi connectivity index (χ0) is 24.7.